The van der Waals surface area contributed by atoms with Gasteiger partial charge in [-0.05, 0) is 13.0 Å². The molecule has 0 bridgehead atoms. The van der Waals surface area contributed by atoms with Crippen LogP contribution in [0, 0.1) is 24.4 Å². The third-order valence-electron chi connectivity index (χ3n) is 1.83. The largest absolute Gasteiger partial charge is 0.458 e. The fraction of sp³-hybridized carbons (Fsp3) is 0.111. The van der Waals surface area contributed by atoms with Crippen LogP contribution in [0.1, 0.15) is 5.76 Å². The zero-order chi connectivity index (χ0) is 9.59. The van der Waals surface area contributed by atoms with Gasteiger partial charge in [0.15, 0.2) is 17.5 Å². The third kappa shape index (κ3) is 1.09. The lowest BCUT2D eigenvalue weighted by molar-refractivity contribution is 0.503. The van der Waals surface area contributed by atoms with E-state index in [4.69, 9.17) is 4.42 Å². The molecule has 1 aromatic heterocycles. The molecule has 0 aliphatic heterocycles. The van der Waals surface area contributed by atoms with E-state index >= 15 is 0 Å². The third-order valence-corrected chi connectivity index (χ3v) is 1.83. The molecule has 0 N–H and O–H groups in total. The second kappa shape index (κ2) is 2.52. The topological polar surface area (TPSA) is 13.1 Å². The van der Waals surface area contributed by atoms with Crippen molar-refractivity contribution < 1.29 is 17.6 Å². The van der Waals surface area contributed by atoms with Crippen molar-refractivity contribution in [2.24, 2.45) is 0 Å². The Morgan fingerprint density at radius 3 is 2.38 bits per heavy atom. The molecule has 68 valence electrons. The molecule has 0 saturated heterocycles. The van der Waals surface area contributed by atoms with E-state index in [0.29, 0.717) is 0 Å². The summed E-state index contributed by atoms with van der Waals surface area (Å²) < 4.78 is 43.2. The molecule has 0 amide bonds. The van der Waals surface area contributed by atoms with Crippen LogP contribution in [-0.4, -0.2) is 0 Å². The Morgan fingerprint density at radius 1 is 1.08 bits per heavy atom. The summed E-state index contributed by atoms with van der Waals surface area (Å²) in [6.45, 7) is 1.39. The van der Waals surface area contributed by atoms with E-state index in [1.54, 1.807) is 0 Å². The van der Waals surface area contributed by atoms with Crippen molar-refractivity contribution in [1.29, 1.82) is 0 Å². The molecule has 1 nitrogen and oxygen atoms in total. The van der Waals surface area contributed by atoms with Gasteiger partial charge in [0.25, 0.3) is 0 Å². The van der Waals surface area contributed by atoms with Crippen LogP contribution in [0.5, 0.6) is 0 Å². The monoisotopic (exact) mass is 186 g/mol. The zero-order valence-electron chi connectivity index (χ0n) is 6.70. The Morgan fingerprint density at radius 2 is 1.69 bits per heavy atom. The maximum Gasteiger partial charge on any atom is 0.172 e. The van der Waals surface area contributed by atoms with Gasteiger partial charge in [-0.2, -0.15) is 0 Å². The Hall–Kier alpha value is -1.45. The number of aryl methyl sites for hydroxylation is 1. The van der Waals surface area contributed by atoms with Crippen molar-refractivity contribution in [3.8, 4) is 0 Å². The lowest BCUT2D eigenvalue weighted by atomic mass is 10.2. The van der Waals surface area contributed by atoms with E-state index in [9.17, 15) is 13.2 Å². The quantitative estimate of drug-likeness (QED) is 0.615. The lowest BCUT2D eigenvalue weighted by Gasteiger charge is -1.91. The van der Waals surface area contributed by atoms with Gasteiger partial charge in [-0.15, -0.1) is 0 Å². The minimum atomic E-state index is -1.08. The minimum absolute atomic E-state index is 0.0221. The molecule has 1 aromatic carbocycles. The summed E-state index contributed by atoms with van der Waals surface area (Å²) >= 11 is 0. The summed E-state index contributed by atoms with van der Waals surface area (Å²) in [5.41, 5.74) is 0.0221. The molecule has 2 aromatic rings. The molecule has 2 rings (SSSR count). The van der Waals surface area contributed by atoms with Gasteiger partial charge in [-0.3, -0.25) is 0 Å². The molecule has 0 atom stereocenters. The smallest absolute Gasteiger partial charge is 0.172 e. The summed E-state index contributed by atoms with van der Waals surface area (Å²) in [6.07, 6.45) is 0. The molecule has 0 fully saturated rings. The molecular formula is C9H5F3O. The molecule has 0 aliphatic carbocycles. The van der Waals surface area contributed by atoms with Crippen LogP contribution < -0.4 is 0 Å². The molecule has 4 heteroatoms. The van der Waals surface area contributed by atoms with Crippen LogP contribution in [-0.2, 0) is 0 Å². The Balaban J connectivity index is 2.89. The predicted octanol–water partition coefficient (Wildman–Crippen LogP) is 3.16. The highest BCUT2D eigenvalue weighted by Gasteiger charge is 2.13. The summed E-state index contributed by atoms with van der Waals surface area (Å²) in [4.78, 5) is 0. The maximum atomic E-state index is 13.1. The van der Waals surface area contributed by atoms with Gasteiger partial charge in [0.2, 0.25) is 0 Å². The standard InChI is InChI=1S/C9H5F3O/c1-4-9(12)5-2-6(10)7(11)3-8(5)13-4/h2-3H,1H3. The first kappa shape index (κ1) is 8.16. The summed E-state index contributed by atoms with van der Waals surface area (Å²) in [6, 6.07) is 1.62. The molecule has 0 aliphatic rings. The van der Waals surface area contributed by atoms with E-state index in [-0.39, 0.29) is 16.7 Å². The van der Waals surface area contributed by atoms with Crippen molar-refractivity contribution in [2.75, 3.05) is 0 Å². The number of hydrogen-bond acceptors (Lipinski definition) is 1. The first-order valence-corrected chi connectivity index (χ1v) is 3.63. The van der Waals surface area contributed by atoms with Crippen LogP contribution in [0.2, 0.25) is 0 Å². The average molecular weight is 186 g/mol. The number of hydrogen-bond donors (Lipinski definition) is 0. The number of fused-ring (bicyclic) bond motifs is 1. The molecule has 0 spiro atoms. The van der Waals surface area contributed by atoms with Gasteiger partial charge in [0, 0.05) is 6.07 Å². The van der Waals surface area contributed by atoms with Crippen LogP contribution in [0.15, 0.2) is 16.5 Å². The second-order valence-electron chi connectivity index (χ2n) is 2.73. The van der Waals surface area contributed by atoms with E-state index in [1.165, 1.54) is 6.92 Å². The van der Waals surface area contributed by atoms with Crippen LogP contribution in [0.25, 0.3) is 11.0 Å². The molecule has 13 heavy (non-hydrogen) atoms. The first-order chi connectivity index (χ1) is 6.09. The minimum Gasteiger partial charge on any atom is -0.458 e. The van der Waals surface area contributed by atoms with Crippen LogP contribution in [0.4, 0.5) is 13.2 Å². The molecule has 1 heterocycles. The normalized spacial score (nSPS) is 11.1. The van der Waals surface area contributed by atoms with Gasteiger partial charge in [-0.1, -0.05) is 0 Å². The van der Waals surface area contributed by atoms with Crippen LogP contribution >= 0.6 is 0 Å². The van der Waals surface area contributed by atoms with Crippen molar-refractivity contribution in [3.05, 3.63) is 35.3 Å². The van der Waals surface area contributed by atoms with Gasteiger partial charge in [0.05, 0.1) is 5.39 Å². The Labute approximate surface area is 71.8 Å². The van der Waals surface area contributed by atoms with Gasteiger partial charge >= 0.3 is 0 Å². The van der Waals surface area contributed by atoms with Crippen molar-refractivity contribution in [1.82, 2.24) is 0 Å². The number of halogens is 3. The van der Waals surface area contributed by atoms with Crippen LogP contribution in [0.3, 0.4) is 0 Å². The van der Waals surface area contributed by atoms with Gasteiger partial charge < -0.3 is 4.42 Å². The van der Waals surface area contributed by atoms with E-state index in [0.717, 1.165) is 12.1 Å². The Bertz CT molecular complexity index is 473. The van der Waals surface area contributed by atoms with Gasteiger partial charge in [0.1, 0.15) is 11.3 Å². The van der Waals surface area contributed by atoms with E-state index < -0.39 is 17.5 Å². The fourth-order valence-corrected chi connectivity index (χ4v) is 1.18. The predicted molar refractivity (Wildman–Crippen MR) is 40.8 cm³/mol. The van der Waals surface area contributed by atoms with E-state index in [1.807, 2.05) is 0 Å². The number of rotatable bonds is 0. The molecular weight excluding hydrogens is 181 g/mol. The number of benzene rings is 1. The van der Waals surface area contributed by atoms with Crippen molar-refractivity contribution in [3.63, 3.8) is 0 Å². The Kier molecular flexibility index (Phi) is 1.58. The zero-order valence-corrected chi connectivity index (χ0v) is 6.70. The highest BCUT2D eigenvalue weighted by atomic mass is 19.2. The molecule has 0 radical (unpaired) electrons. The van der Waals surface area contributed by atoms with Crippen molar-refractivity contribution in [2.45, 2.75) is 6.92 Å². The summed E-state index contributed by atoms with van der Waals surface area (Å²) in [5, 5.41) is -0.0311. The van der Waals surface area contributed by atoms with Gasteiger partial charge in [-0.25, -0.2) is 13.2 Å². The highest BCUT2D eigenvalue weighted by Crippen LogP contribution is 2.25. The second-order valence-corrected chi connectivity index (χ2v) is 2.73. The highest BCUT2D eigenvalue weighted by molar-refractivity contribution is 5.78. The maximum absolute atomic E-state index is 13.1. The SMILES string of the molecule is Cc1oc2cc(F)c(F)cc2c1F. The van der Waals surface area contributed by atoms with Crippen molar-refractivity contribution >= 4 is 11.0 Å². The summed E-state index contributed by atoms with van der Waals surface area (Å²) in [7, 11) is 0. The lowest BCUT2D eigenvalue weighted by Crippen LogP contribution is -1.82. The number of furan rings is 1. The molecule has 0 saturated carbocycles. The molecule has 0 unspecified atom stereocenters. The van der Waals surface area contributed by atoms with E-state index in [2.05, 4.69) is 0 Å². The average Bonchev–Trinajstić information content (AvgIpc) is 2.32. The summed E-state index contributed by atoms with van der Waals surface area (Å²) in [5.74, 6) is -2.73. The first-order valence-electron chi connectivity index (χ1n) is 3.63. The fourth-order valence-electron chi connectivity index (χ4n) is 1.18.